The van der Waals surface area contributed by atoms with Crippen LogP contribution in [0.2, 0.25) is 0 Å². The van der Waals surface area contributed by atoms with Crippen molar-refractivity contribution in [1.82, 2.24) is 10.6 Å². The summed E-state index contributed by atoms with van der Waals surface area (Å²) in [5.74, 6) is -0.256. The molecule has 0 bridgehead atoms. The minimum Gasteiger partial charge on any atom is -0.354 e. The molecule has 0 spiro atoms. The lowest BCUT2D eigenvalue weighted by Crippen LogP contribution is -2.45. The summed E-state index contributed by atoms with van der Waals surface area (Å²) in [6, 6.07) is 6.95. The first-order valence-corrected chi connectivity index (χ1v) is 7.09. The third-order valence-corrected chi connectivity index (χ3v) is 3.90. The molecule has 1 aliphatic rings. The molecule has 1 aliphatic heterocycles. The van der Waals surface area contributed by atoms with Crippen LogP contribution in [0.5, 0.6) is 0 Å². The van der Waals surface area contributed by atoms with Gasteiger partial charge in [0, 0.05) is 10.1 Å². The molecular weight excluding hydrogens is 343 g/mol. The topological polar surface area (TPSA) is 58.2 Å². The predicted octanol–water partition coefficient (Wildman–Crippen LogP) is 1.69. The third kappa shape index (κ3) is 3.22. The second kappa shape index (κ2) is 6.17. The predicted molar refractivity (Wildman–Crippen MR) is 77.3 cm³/mol. The lowest BCUT2D eigenvalue weighted by atomic mass is 10.1. The molecule has 0 aromatic heterocycles. The zero-order chi connectivity index (χ0) is 13.0. The highest BCUT2D eigenvalue weighted by Gasteiger charge is 2.23. The molecule has 2 amide bonds. The van der Waals surface area contributed by atoms with Gasteiger partial charge < -0.3 is 10.6 Å². The quantitative estimate of drug-likeness (QED) is 0.791. The van der Waals surface area contributed by atoms with E-state index in [1.165, 1.54) is 0 Å². The average molecular weight is 358 g/mol. The summed E-state index contributed by atoms with van der Waals surface area (Å²) in [4.78, 5) is 23.8. The van der Waals surface area contributed by atoms with Crippen molar-refractivity contribution < 1.29 is 9.59 Å². The summed E-state index contributed by atoms with van der Waals surface area (Å²) in [5, 5.41) is 5.62. The van der Waals surface area contributed by atoms with Gasteiger partial charge in [0.1, 0.15) is 6.04 Å². The SMILES string of the molecule is O=C(NC1CCCCNC1=O)c1ccccc1I. The molecule has 2 rings (SSSR count). The van der Waals surface area contributed by atoms with Crippen molar-refractivity contribution in [3.63, 3.8) is 0 Å². The Labute approximate surface area is 120 Å². The molecule has 96 valence electrons. The molecule has 1 saturated heterocycles. The maximum absolute atomic E-state index is 12.1. The van der Waals surface area contributed by atoms with Gasteiger partial charge in [0.2, 0.25) is 5.91 Å². The number of nitrogens with one attached hydrogen (secondary N) is 2. The Morgan fingerprint density at radius 2 is 2.11 bits per heavy atom. The Kier molecular flexibility index (Phi) is 4.57. The molecule has 1 unspecified atom stereocenters. The average Bonchev–Trinajstić information content (AvgIpc) is 2.55. The van der Waals surface area contributed by atoms with E-state index in [0.29, 0.717) is 18.5 Å². The highest BCUT2D eigenvalue weighted by atomic mass is 127. The fraction of sp³-hybridized carbons (Fsp3) is 0.385. The maximum Gasteiger partial charge on any atom is 0.253 e. The Morgan fingerprint density at radius 1 is 1.33 bits per heavy atom. The molecule has 0 radical (unpaired) electrons. The van der Waals surface area contributed by atoms with E-state index in [-0.39, 0.29) is 11.8 Å². The minimum atomic E-state index is -0.406. The van der Waals surface area contributed by atoms with Crippen LogP contribution in [-0.4, -0.2) is 24.4 Å². The normalized spacial score (nSPS) is 19.8. The first kappa shape index (κ1) is 13.3. The Balaban J connectivity index is 2.06. The summed E-state index contributed by atoms with van der Waals surface area (Å²) in [6.45, 7) is 0.702. The second-order valence-corrected chi connectivity index (χ2v) is 5.45. The number of rotatable bonds is 2. The fourth-order valence-electron chi connectivity index (χ4n) is 1.96. The van der Waals surface area contributed by atoms with Crippen LogP contribution in [-0.2, 0) is 4.79 Å². The standard InChI is InChI=1S/C13H15IN2O2/c14-10-6-2-1-5-9(10)12(17)16-11-7-3-4-8-15-13(11)18/h1-2,5-6,11H,3-4,7-8H2,(H,15,18)(H,16,17). The van der Waals surface area contributed by atoms with Gasteiger partial charge in [0.15, 0.2) is 0 Å². The van der Waals surface area contributed by atoms with Gasteiger partial charge in [0.05, 0.1) is 5.56 Å². The fourth-order valence-corrected chi connectivity index (χ4v) is 2.59. The zero-order valence-electron chi connectivity index (χ0n) is 9.91. The van der Waals surface area contributed by atoms with Crippen molar-refractivity contribution >= 4 is 34.4 Å². The van der Waals surface area contributed by atoms with Gasteiger partial charge in [0.25, 0.3) is 5.91 Å². The van der Waals surface area contributed by atoms with Gasteiger partial charge in [-0.15, -0.1) is 0 Å². The van der Waals surface area contributed by atoms with Crippen molar-refractivity contribution in [1.29, 1.82) is 0 Å². The van der Waals surface area contributed by atoms with E-state index < -0.39 is 6.04 Å². The number of amides is 2. The molecule has 5 heteroatoms. The van der Waals surface area contributed by atoms with Gasteiger partial charge in [-0.1, -0.05) is 12.1 Å². The first-order valence-electron chi connectivity index (χ1n) is 6.01. The lowest BCUT2D eigenvalue weighted by molar-refractivity contribution is -0.122. The summed E-state index contributed by atoms with van der Waals surface area (Å²) < 4.78 is 0.890. The molecule has 4 nitrogen and oxygen atoms in total. The van der Waals surface area contributed by atoms with E-state index in [4.69, 9.17) is 0 Å². The summed E-state index contributed by atoms with van der Waals surface area (Å²) in [6.07, 6.45) is 2.64. The molecule has 1 atom stereocenters. The van der Waals surface area contributed by atoms with E-state index in [1.54, 1.807) is 6.07 Å². The maximum atomic E-state index is 12.1. The number of carbonyl (C=O) groups excluding carboxylic acids is 2. The van der Waals surface area contributed by atoms with Crippen LogP contribution >= 0.6 is 22.6 Å². The molecule has 2 N–H and O–H groups in total. The van der Waals surface area contributed by atoms with Gasteiger partial charge >= 0.3 is 0 Å². The van der Waals surface area contributed by atoms with Crippen molar-refractivity contribution in [2.24, 2.45) is 0 Å². The number of carbonyl (C=O) groups is 2. The van der Waals surface area contributed by atoms with E-state index in [0.717, 1.165) is 16.4 Å². The molecule has 1 aromatic carbocycles. The zero-order valence-corrected chi connectivity index (χ0v) is 12.1. The molecule has 0 aliphatic carbocycles. The Bertz CT molecular complexity index is 462. The van der Waals surface area contributed by atoms with Crippen molar-refractivity contribution in [2.45, 2.75) is 25.3 Å². The minimum absolute atomic E-state index is 0.0770. The van der Waals surface area contributed by atoms with E-state index in [1.807, 2.05) is 18.2 Å². The molecule has 1 aromatic rings. The van der Waals surface area contributed by atoms with Crippen molar-refractivity contribution in [3.05, 3.63) is 33.4 Å². The van der Waals surface area contributed by atoms with Crippen LogP contribution in [0.1, 0.15) is 29.6 Å². The van der Waals surface area contributed by atoms with Crippen LogP contribution in [0.25, 0.3) is 0 Å². The molecule has 1 fully saturated rings. The number of halogens is 1. The Hall–Kier alpha value is -1.11. The second-order valence-electron chi connectivity index (χ2n) is 4.29. The number of benzene rings is 1. The van der Waals surface area contributed by atoms with Crippen LogP contribution in [0.15, 0.2) is 24.3 Å². The molecular formula is C13H15IN2O2. The van der Waals surface area contributed by atoms with Crippen molar-refractivity contribution in [3.8, 4) is 0 Å². The highest BCUT2D eigenvalue weighted by Crippen LogP contribution is 2.12. The molecule has 0 saturated carbocycles. The highest BCUT2D eigenvalue weighted by molar-refractivity contribution is 14.1. The Morgan fingerprint density at radius 3 is 2.89 bits per heavy atom. The van der Waals surface area contributed by atoms with Gasteiger partial charge in [-0.3, -0.25) is 9.59 Å². The van der Waals surface area contributed by atoms with E-state index in [2.05, 4.69) is 33.2 Å². The monoisotopic (exact) mass is 358 g/mol. The third-order valence-electron chi connectivity index (χ3n) is 2.96. The van der Waals surface area contributed by atoms with Crippen LogP contribution in [0, 0.1) is 3.57 Å². The molecule has 1 heterocycles. The molecule has 18 heavy (non-hydrogen) atoms. The van der Waals surface area contributed by atoms with E-state index in [9.17, 15) is 9.59 Å². The first-order chi connectivity index (χ1) is 8.68. The lowest BCUT2D eigenvalue weighted by Gasteiger charge is -2.15. The largest absolute Gasteiger partial charge is 0.354 e. The number of hydrogen-bond donors (Lipinski definition) is 2. The van der Waals surface area contributed by atoms with E-state index >= 15 is 0 Å². The van der Waals surface area contributed by atoms with Crippen LogP contribution in [0.4, 0.5) is 0 Å². The van der Waals surface area contributed by atoms with Crippen LogP contribution in [0.3, 0.4) is 0 Å². The van der Waals surface area contributed by atoms with Gasteiger partial charge in [-0.05, 0) is 54.0 Å². The summed E-state index contributed by atoms with van der Waals surface area (Å²) >= 11 is 2.12. The van der Waals surface area contributed by atoms with Gasteiger partial charge in [-0.2, -0.15) is 0 Å². The summed E-state index contributed by atoms with van der Waals surface area (Å²) in [5.41, 5.74) is 0.621. The summed E-state index contributed by atoms with van der Waals surface area (Å²) in [7, 11) is 0. The smallest absolute Gasteiger partial charge is 0.253 e. The van der Waals surface area contributed by atoms with Crippen molar-refractivity contribution in [2.75, 3.05) is 6.54 Å². The van der Waals surface area contributed by atoms with Gasteiger partial charge in [-0.25, -0.2) is 0 Å². The number of hydrogen-bond acceptors (Lipinski definition) is 2. The van der Waals surface area contributed by atoms with Crippen LogP contribution < -0.4 is 10.6 Å².